The van der Waals surface area contributed by atoms with Gasteiger partial charge in [0.2, 0.25) is 5.91 Å². The van der Waals surface area contributed by atoms with Crippen LogP contribution >= 0.6 is 12.4 Å². The number of nitrogen functional groups attached to an aromatic ring is 1. The molecule has 1 atom stereocenters. The van der Waals surface area contributed by atoms with Gasteiger partial charge in [-0.15, -0.1) is 12.4 Å². The van der Waals surface area contributed by atoms with Gasteiger partial charge in [-0.25, -0.2) is 4.39 Å². The maximum Gasteiger partial charge on any atom is 0.220 e. The second-order valence-corrected chi connectivity index (χ2v) is 5.58. The Hall–Kier alpha value is -2.27. The van der Waals surface area contributed by atoms with Gasteiger partial charge < -0.3 is 15.8 Å². The predicted octanol–water partition coefficient (Wildman–Crippen LogP) is 3.74. The average Bonchev–Trinajstić information content (AvgIpc) is 2.59. The van der Waals surface area contributed by atoms with Crippen molar-refractivity contribution in [1.82, 2.24) is 5.32 Å². The fraction of sp³-hybridized carbons (Fsp3) is 0.316. The fourth-order valence-corrected chi connectivity index (χ4v) is 2.32. The molecule has 0 fully saturated rings. The lowest BCUT2D eigenvalue weighted by Crippen LogP contribution is -2.35. The summed E-state index contributed by atoms with van der Waals surface area (Å²) in [4.78, 5) is 12.0. The van der Waals surface area contributed by atoms with Crippen molar-refractivity contribution in [3.05, 3.63) is 59.9 Å². The van der Waals surface area contributed by atoms with E-state index in [0.29, 0.717) is 31.5 Å². The highest BCUT2D eigenvalue weighted by Gasteiger charge is 2.13. The van der Waals surface area contributed by atoms with E-state index in [1.54, 1.807) is 18.2 Å². The van der Waals surface area contributed by atoms with E-state index >= 15 is 0 Å². The molecule has 2 rings (SSSR count). The number of amides is 1. The van der Waals surface area contributed by atoms with Gasteiger partial charge in [-0.05, 0) is 36.6 Å². The number of benzene rings is 2. The van der Waals surface area contributed by atoms with Crippen LogP contribution in [-0.2, 0) is 11.2 Å². The normalized spacial score (nSPS) is 11.3. The molecule has 0 aromatic heterocycles. The topological polar surface area (TPSA) is 64.4 Å². The summed E-state index contributed by atoms with van der Waals surface area (Å²) in [5.74, 6) is -0.272. The molecule has 1 unspecified atom stereocenters. The molecular weight excluding hydrogens is 343 g/mol. The number of carbonyl (C=O) groups excluding carboxylic acids is 1. The van der Waals surface area contributed by atoms with Crippen molar-refractivity contribution in [2.45, 2.75) is 32.3 Å². The maximum atomic E-state index is 13.6. The number of hydrogen-bond donors (Lipinski definition) is 2. The Balaban J connectivity index is 0.00000312. The third-order valence-electron chi connectivity index (χ3n) is 3.79. The number of aryl methyl sites for hydroxylation is 1. The Labute approximate surface area is 154 Å². The highest BCUT2D eigenvalue weighted by atomic mass is 35.5. The molecule has 2 aromatic carbocycles. The Bertz CT molecular complexity index is 682. The summed E-state index contributed by atoms with van der Waals surface area (Å²) < 4.78 is 19.2. The molecular formula is C19H24ClFN2O2. The second-order valence-electron chi connectivity index (χ2n) is 5.58. The first-order valence-electron chi connectivity index (χ1n) is 8.11. The summed E-state index contributed by atoms with van der Waals surface area (Å²) >= 11 is 0. The van der Waals surface area contributed by atoms with E-state index in [2.05, 4.69) is 5.32 Å². The summed E-state index contributed by atoms with van der Waals surface area (Å²) in [5.41, 5.74) is 7.52. The van der Waals surface area contributed by atoms with Gasteiger partial charge in [0.15, 0.2) is 11.6 Å². The van der Waals surface area contributed by atoms with Crippen LogP contribution in [0.1, 0.15) is 25.3 Å². The van der Waals surface area contributed by atoms with Crippen LogP contribution in [0.25, 0.3) is 0 Å². The highest BCUT2D eigenvalue weighted by Crippen LogP contribution is 2.18. The molecule has 4 nitrogen and oxygen atoms in total. The Morgan fingerprint density at radius 2 is 1.88 bits per heavy atom. The van der Waals surface area contributed by atoms with Gasteiger partial charge in [-0.3, -0.25) is 4.79 Å². The van der Waals surface area contributed by atoms with Gasteiger partial charge in [0.25, 0.3) is 0 Å². The number of carbonyl (C=O) groups is 1. The van der Waals surface area contributed by atoms with Crippen molar-refractivity contribution >= 4 is 24.0 Å². The van der Waals surface area contributed by atoms with E-state index in [1.165, 1.54) is 6.07 Å². The van der Waals surface area contributed by atoms with Gasteiger partial charge in [0, 0.05) is 12.1 Å². The van der Waals surface area contributed by atoms with Crippen LogP contribution in [-0.4, -0.2) is 18.6 Å². The molecule has 0 aliphatic carbocycles. The van der Waals surface area contributed by atoms with Crippen LogP contribution in [0.2, 0.25) is 0 Å². The van der Waals surface area contributed by atoms with Crippen molar-refractivity contribution < 1.29 is 13.9 Å². The lowest BCUT2D eigenvalue weighted by Gasteiger charge is -2.18. The molecule has 0 aliphatic heterocycles. The number of nitrogens with one attached hydrogen (secondary N) is 1. The summed E-state index contributed by atoms with van der Waals surface area (Å²) in [5, 5.41) is 2.84. The predicted molar refractivity (Wildman–Crippen MR) is 101 cm³/mol. The van der Waals surface area contributed by atoms with Gasteiger partial charge in [-0.2, -0.15) is 0 Å². The first kappa shape index (κ1) is 20.8. The van der Waals surface area contributed by atoms with E-state index in [0.717, 1.165) is 5.56 Å². The minimum Gasteiger partial charge on any atom is -0.486 e. The smallest absolute Gasteiger partial charge is 0.220 e. The number of rotatable bonds is 8. The fourth-order valence-electron chi connectivity index (χ4n) is 2.32. The molecule has 3 N–H and O–H groups in total. The Morgan fingerprint density at radius 1 is 1.20 bits per heavy atom. The van der Waals surface area contributed by atoms with Crippen molar-refractivity contribution in [3.8, 4) is 5.75 Å². The zero-order valence-electron chi connectivity index (χ0n) is 14.2. The van der Waals surface area contributed by atoms with E-state index < -0.39 is 5.82 Å². The standard InChI is InChI=1S/C19H23FN2O2.ClH/c1-2-15(24-18-10-6-4-8-16(18)20)13-22-19(23)12-11-14-7-3-5-9-17(14)21;/h3-10,15H,2,11-13,21H2,1H3,(H,22,23);1H. The number of para-hydroxylation sites is 2. The highest BCUT2D eigenvalue weighted by molar-refractivity contribution is 5.85. The molecule has 0 spiro atoms. The molecule has 2 aromatic rings. The van der Waals surface area contributed by atoms with E-state index in [-0.39, 0.29) is 30.2 Å². The van der Waals surface area contributed by atoms with Crippen LogP contribution in [0.4, 0.5) is 10.1 Å². The Kier molecular flexibility index (Phi) is 8.78. The minimum absolute atomic E-state index is 0. The quantitative estimate of drug-likeness (QED) is 0.699. The minimum atomic E-state index is -0.401. The number of nitrogens with two attached hydrogens (primary N) is 1. The number of ether oxygens (including phenoxy) is 1. The molecule has 0 saturated carbocycles. The molecule has 0 aliphatic rings. The third-order valence-corrected chi connectivity index (χ3v) is 3.79. The van der Waals surface area contributed by atoms with Crippen molar-refractivity contribution in [3.63, 3.8) is 0 Å². The molecule has 0 heterocycles. The zero-order valence-corrected chi connectivity index (χ0v) is 15.0. The summed E-state index contributed by atoms with van der Waals surface area (Å²) in [6, 6.07) is 13.8. The first-order chi connectivity index (χ1) is 11.6. The lowest BCUT2D eigenvalue weighted by molar-refractivity contribution is -0.121. The van der Waals surface area contributed by atoms with Crippen LogP contribution in [0.15, 0.2) is 48.5 Å². The molecule has 136 valence electrons. The molecule has 6 heteroatoms. The first-order valence-corrected chi connectivity index (χ1v) is 8.11. The Morgan fingerprint density at radius 3 is 2.56 bits per heavy atom. The SMILES string of the molecule is CCC(CNC(=O)CCc1ccccc1N)Oc1ccccc1F.Cl. The van der Waals surface area contributed by atoms with Crippen LogP contribution in [0.5, 0.6) is 5.75 Å². The average molecular weight is 367 g/mol. The molecule has 0 saturated heterocycles. The van der Waals surface area contributed by atoms with E-state index in [1.807, 2.05) is 31.2 Å². The van der Waals surface area contributed by atoms with Crippen molar-refractivity contribution in [2.75, 3.05) is 12.3 Å². The number of anilines is 1. The molecule has 1 amide bonds. The van der Waals surface area contributed by atoms with Gasteiger partial charge in [0.05, 0.1) is 6.54 Å². The lowest BCUT2D eigenvalue weighted by atomic mass is 10.1. The third kappa shape index (κ3) is 6.63. The number of hydrogen-bond acceptors (Lipinski definition) is 3. The second kappa shape index (κ2) is 10.6. The van der Waals surface area contributed by atoms with E-state index in [4.69, 9.17) is 10.5 Å². The summed E-state index contributed by atoms with van der Waals surface area (Å²) in [7, 11) is 0. The zero-order chi connectivity index (χ0) is 17.4. The molecule has 0 bridgehead atoms. The summed E-state index contributed by atoms with van der Waals surface area (Å²) in [6.07, 6.45) is 1.33. The van der Waals surface area contributed by atoms with E-state index in [9.17, 15) is 9.18 Å². The maximum absolute atomic E-state index is 13.6. The largest absolute Gasteiger partial charge is 0.486 e. The molecule has 0 radical (unpaired) electrons. The van der Waals surface area contributed by atoms with Crippen LogP contribution in [0, 0.1) is 5.82 Å². The van der Waals surface area contributed by atoms with Gasteiger partial charge in [0.1, 0.15) is 6.10 Å². The number of halogens is 2. The van der Waals surface area contributed by atoms with Gasteiger partial charge in [-0.1, -0.05) is 37.3 Å². The summed E-state index contributed by atoms with van der Waals surface area (Å²) in [6.45, 7) is 2.27. The van der Waals surface area contributed by atoms with Crippen molar-refractivity contribution in [1.29, 1.82) is 0 Å². The molecule has 25 heavy (non-hydrogen) atoms. The van der Waals surface area contributed by atoms with Crippen LogP contribution < -0.4 is 15.8 Å². The van der Waals surface area contributed by atoms with Crippen LogP contribution in [0.3, 0.4) is 0 Å². The van der Waals surface area contributed by atoms with Crippen molar-refractivity contribution in [2.24, 2.45) is 0 Å². The van der Waals surface area contributed by atoms with Gasteiger partial charge >= 0.3 is 0 Å². The monoisotopic (exact) mass is 366 g/mol.